The van der Waals surface area contributed by atoms with Gasteiger partial charge in [-0.2, -0.15) is 0 Å². The minimum Gasteiger partial charge on any atom is -0.490 e. The Bertz CT molecular complexity index is 1470. The number of carbonyl (C=O) groups excluding carboxylic acids is 1. The number of benzene rings is 4. The number of nitrogens with one attached hydrogen (secondary N) is 1. The summed E-state index contributed by atoms with van der Waals surface area (Å²) < 4.78 is 6.91. The highest BCUT2D eigenvalue weighted by Gasteiger charge is 2.21. The zero-order valence-electron chi connectivity index (χ0n) is 20.9. The number of carboxylic acids is 1. The lowest BCUT2D eigenvalue weighted by molar-refractivity contribution is 0.0697. The van der Waals surface area contributed by atoms with Gasteiger partial charge in [-0.3, -0.25) is 4.79 Å². The summed E-state index contributed by atoms with van der Waals surface area (Å²) in [6.45, 7) is 3.88. The fraction of sp³-hybridized carbons (Fsp3) is 0.161. The Balaban J connectivity index is 1.29. The molecule has 7 heteroatoms. The number of hydrogen-bond donors (Lipinski definition) is 2. The first-order valence-electron chi connectivity index (χ1n) is 12.4. The van der Waals surface area contributed by atoms with Crippen LogP contribution in [0.4, 0.5) is 5.69 Å². The molecule has 1 heterocycles. The average Bonchev–Trinajstić information content (AvgIpc) is 2.93. The molecule has 0 bridgehead atoms. The van der Waals surface area contributed by atoms with Crippen LogP contribution in [-0.4, -0.2) is 30.1 Å². The lowest BCUT2D eigenvalue weighted by Gasteiger charge is -2.31. The summed E-state index contributed by atoms with van der Waals surface area (Å²) in [6, 6.07) is 28.3. The van der Waals surface area contributed by atoms with Crippen molar-refractivity contribution in [2.75, 3.05) is 18.1 Å². The smallest absolute Gasteiger partial charge is 0.336 e. The van der Waals surface area contributed by atoms with Crippen LogP contribution in [0.5, 0.6) is 5.75 Å². The lowest BCUT2D eigenvalue weighted by atomic mass is 9.98. The predicted molar refractivity (Wildman–Crippen MR) is 152 cm³/mol. The number of amides is 1. The van der Waals surface area contributed by atoms with Crippen molar-refractivity contribution in [1.82, 2.24) is 5.32 Å². The van der Waals surface area contributed by atoms with Gasteiger partial charge in [0.15, 0.2) is 0 Å². The molecular formula is C31H27BrN2O4. The summed E-state index contributed by atoms with van der Waals surface area (Å²) in [6.07, 6.45) is 0. The van der Waals surface area contributed by atoms with Crippen LogP contribution in [0.15, 0.2) is 95.5 Å². The molecule has 0 aromatic heterocycles. The molecule has 2 N–H and O–H groups in total. The lowest BCUT2D eigenvalue weighted by Crippen LogP contribution is -2.32. The Hall–Kier alpha value is -4.10. The monoisotopic (exact) mass is 570 g/mol. The van der Waals surface area contributed by atoms with E-state index in [0.717, 1.165) is 33.4 Å². The minimum absolute atomic E-state index is 0.130. The first-order valence-corrected chi connectivity index (χ1v) is 13.2. The molecule has 0 spiro atoms. The van der Waals surface area contributed by atoms with Crippen molar-refractivity contribution in [3.05, 3.63) is 118 Å². The van der Waals surface area contributed by atoms with Crippen molar-refractivity contribution in [1.29, 1.82) is 0 Å². The number of ether oxygens (including phenoxy) is 1. The SMILES string of the molecule is CC(NC(=O)c1ccc2c(c1)OCCN2Cc1ccc(-c2ccccc2C(=O)O)cc1)c1ccc(Br)cc1. The fourth-order valence-electron chi connectivity index (χ4n) is 4.63. The van der Waals surface area contributed by atoms with Gasteiger partial charge in [0.25, 0.3) is 5.91 Å². The molecule has 1 unspecified atom stereocenters. The Morgan fingerprint density at radius 1 is 1.00 bits per heavy atom. The van der Waals surface area contributed by atoms with Crippen molar-refractivity contribution in [3.8, 4) is 16.9 Å². The highest BCUT2D eigenvalue weighted by Crippen LogP contribution is 2.34. The Labute approximate surface area is 230 Å². The third-order valence-corrected chi connectivity index (χ3v) is 7.22. The molecule has 0 saturated carbocycles. The first-order chi connectivity index (χ1) is 18.4. The van der Waals surface area contributed by atoms with Gasteiger partial charge in [-0.25, -0.2) is 4.79 Å². The predicted octanol–water partition coefficient (Wildman–Crippen LogP) is 6.70. The molecule has 0 aliphatic carbocycles. The molecule has 192 valence electrons. The number of carbonyl (C=O) groups is 2. The van der Waals surface area contributed by atoms with Crippen molar-refractivity contribution < 1.29 is 19.4 Å². The zero-order valence-corrected chi connectivity index (χ0v) is 22.4. The third kappa shape index (κ3) is 5.58. The van der Waals surface area contributed by atoms with Crippen LogP contribution in [0.2, 0.25) is 0 Å². The van der Waals surface area contributed by atoms with Crippen LogP contribution in [-0.2, 0) is 6.54 Å². The second kappa shape index (κ2) is 11.1. The van der Waals surface area contributed by atoms with Gasteiger partial charge in [-0.15, -0.1) is 0 Å². The van der Waals surface area contributed by atoms with E-state index in [2.05, 4.69) is 26.1 Å². The molecule has 0 saturated heterocycles. The number of fused-ring (bicyclic) bond motifs is 1. The summed E-state index contributed by atoms with van der Waals surface area (Å²) in [5.41, 5.74) is 5.46. The Kier molecular flexibility index (Phi) is 7.47. The van der Waals surface area contributed by atoms with Crippen LogP contribution in [0.3, 0.4) is 0 Å². The maximum Gasteiger partial charge on any atom is 0.336 e. The molecule has 0 radical (unpaired) electrons. The van der Waals surface area contributed by atoms with Gasteiger partial charge in [0.1, 0.15) is 12.4 Å². The summed E-state index contributed by atoms with van der Waals surface area (Å²) in [7, 11) is 0. The van der Waals surface area contributed by atoms with Crippen molar-refractivity contribution in [2.45, 2.75) is 19.5 Å². The van der Waals surface area contributed by atoms with E-state index in [0.29, 0.717) is 30.0 Å². The van der Waals surface area contributed by atoms with Crippen molar-refractivity contribution >= 4 is 33.5 Å². The number of nitrogens with zero attached hydrogens (tertiary/aromatic N) is 1. The Morgan fingerprint density at radius 3 is 2.47 bits per heavy atom. The largest absolute Gasteiger partial charge is 0.490 e. The highest BCUT2D eigenvalue weighted by molar-refractivity contribution is 9.10. The van der Waals surface area contributed by atoms with E-state index in [9.17, 15) is 14.7 Å². The quantitative estimate of drug-likeness (QED) is 0.258. The van der Waals surface area contributed by atoms with E-state index < -0.39 is 5.97 Å². The van der Waals surface area contributed by atoms with Gasteiger partial charge in [-0.05, 0) is 65.6 Å². The molecule has 1 amide bonds. The van der Waals surface area contributed by atoms with Crippen LogP contribution < -0.4 is 15.0 Å². The first kappa shape index (κ1) is 25.5. The molecule has 1 aliphatic heterocycles. The Morgan fingerprint density at radius 2 is 1.74 bits per heavy atom. The van der Waals surface area contributed by atoms with E-state index in [1.165, 1.54) is 0 Å². The summed E-state index contributed by atoms with van der Waals surface area (Å²) in [4.78, 5) is 26.8. The molecule has 1 aliphatic rings. The van der Waals surface area contributed by atoms with Gasteiger partial charge in [0, 0.05) is 16.6 Å². The van der Waals surface area contributed by atoms with Crippen molar-refractivity contribution in [2.24, 2.45) is 0 Å². The molecule has 0 fully saturated rings. The van der Waals surface area contributed by atoms with Gasteiger partial charge in [0.2, 0.25) is 0 Å². The van der Waals surface area contributed by atoms with Gasteiger partial charge < -0.3 is 20.1 Å². The van der Waals surface area contributed by atoms with Gasteiger partial charge in [0.05, 0.1) is 23.8 Å². The normalized spacial score (nSPS) is 13.3. The topological polar surface area (TPSA) is 78.9 Å². The van der Waals surface area contributed by atoms with E-state index in [1.54, 1.807) is 18.2 Å². The number of halogens is 1. The zero-order chi connectivity index (χ0) is 26.6. The molecule has 38 heavy (non-hydrogen) atoms. The fourth-order valence-corrected chi connectivity index (χ4v) is 4.89. The van der Waals surface area contributed by atoms with E-state index in [1.807, 2.05) is 79.7 Å². The van der Waals surface area contributed by atoms with E-state index in [-0.39, 0.29) is 17.5 Å². The number of carboxylic acid groups (broad SMARTS) is 1. The van der Waals surface area contributed by atoms with Crippen LogP contribution in [0.25, 0.3) is 11.1 Å². The molecular weight excluding hydrogens is 544 g/mol. The second-order valence-electron chi connectivity index (χ2n) is 9.25. The molecule has 5 rings (SSSR count). The molecule has 4 aromatic carbocycles. The standard InChI is InChI=1S/C31H27BrN2O4/c1-20(22-10-13-25(32)14-11-22)33-30(35)24-12-15-28-29(18-24)38-17-16-34(28)19-21-6-8-23(9-7-21)26-4-2-3-5-27(26)31(36)37/h2-15,18,20H,16-17,19H2,1H3,(H,33,35)(H,36,37). The number of anilines is 1. The summed E-state index contributed by atoms with van der Waals surface area (Å²) >= 11 is 3.44. The van der Waals surface area contributed by atoms with E-state index >= 15 is 0 Å². The number of aromatic carboxylic acids is 1. The second-order valence-corrected chi connectivity index (χ2v) is 10.2. The van der Waals surface area contributed by atoms with Gasteiger partial charge >= 0.3 is 5.97 Å². The van der Waals surface area contributed by atoms with Crippen molar-refractivity contribution in [3.63, 3.8) is 0 Å². The summed E-state index contributed by atoms with van der Waals surface area (Å²) in [5.74, 6) is -0.404. The molecule has 6 nitrogen and oxygen atoms in total. The van der Waals surface area contributed by atoms with Crippen LogP contribution >= 0.6 is 15.9 Å². The van der Waals surface area contributed by atoms with E-state index in [4.69, 9.17) is 4.74 Å². The number of hydrogen-bond acceptors (Lipinski definition) is 4. The van der Waals surface area contributed by atoms with Crippen LogP contribution in [0, 0.1) is 0 Å². The molecule has 1 atom stereocenters. The maximum absolute atomic E-state index is 12.9. The van der Waals surface area contributed by atoms with Gasteiger partial charge in [-0.1, -0.05) is 70.5 Å². The highest BCUT2D eigenvalue weighted by atomic mass is 79.9. The average molecular weight is 571 g/mol. The number of rotatable bonds is 7. The maximum atomic E-state index is 12.9. The third-order valence-electron chi connectivity index (χ3n) is 6.69. The summed E-state index contributed by atoms with van der Waals surface area (Å²) in [5, 5.41) is 12.6. The van der Waals surface area contributed by atoms with Crippen LogP contribution in [0.1, 0.15) is 44.8 Å². The molecule has 4 aromatic rings. The minimum atomic E-state index is -0.939.